The number of allylic oxidation sites excluding steroid dienone is 6. The van der Waals surface area contributed by atoms with Gasteiger partial charge in [0.15, 0.2) is 17.3 Å². The van der Waals surface area contributed by atoms with Gasteiger partial charge in [-0.05, 0) is 32.9 Å². The van der Waals surface area contributed by atoms with Crippen LogP contribution in [0.2, 0.25) is 0 Å². The van der Waals surface area contributed by atoms with E-state index < -0.39 is 0 Å². The molecule has 0 aromatic heterocycles. The number of nitrogens with zero attached hydrogens (tertiary/aromatic N) is 2. The van der Waals surface area contributed by atoms with Gasteiger partial charge >= 0.3 is 17.1 Å². The number of hydrogen-bond acceptors (Lipinski definition) is 5. The molecular formula is C15H16CuN3O3. The summed E-state index contributed by atoms with van der Waals surface area (Å²) in [7, 11) is 0. The van der Waals surface area contributed by atoms with Gasteiger partial charge in [-0.2, -0.15) is 0 Å². The molecule has 1 aliphatic carbocycles. The molecule has 0 aromatic carbocycles. The first-order chi connectivity index (χ1) is 9.91. The van der Waals surface area contributed by atoms with Crippen molar-refractivity contribution in [1.82, 2.24) is 5.43 Å². The zero-order valence-electron chi connectivity index (χ0n) is 12.4. The van der Waals surface area contributed by atoms with Crippen LogP contribution in [-0.4, -0.2) is 23.2 Å². The minimum Gasteiger partial charge on any atom is -0.445 e. The van der Waals surface area contributed by atoms with Gasteiger partial charge in [0.1, 0.15) is 0 Å². The topological polar surface area (TPSA) is 89.7 Å². The minimum absolute atomic E-state index is 0. The number of amidine groups is 1. The number of Topliss-reactive ketones (excluding diaryl/α,β-unsaturated/α-hetero) is 2. The van der Waals surface area contributed by atoms with Crippen LogP contribution >= 0.6 is 0 Å². The summed E-state index contributed by atoms with van der Waals surface area (Å²) in [6.45, 7) is 4.19. The van der Waals surface area contributed by atoms with Crippen LogP contribution in [0.3, 0.4) is 0 Å². The fraction of sp³-hybridized carbons (Fsp3) is 0.200. The molecule has 0 saturated carbocycles. The van der Waals surface area contributed by atoms with E-state index in [0.29, 0.717) is 11.4 Å². The number of ketones is 3. The second-order valence-electron chi connectivity index (χ2n) is 4.25. The first kappa shape index (κ1) is 19.8. The Morgan fingerprint density at radius 2 is 1.73 bits per heavy atom. The maximum atomic E-state index is 11.4. The number of carbonyl (C=O) groups excluding carboxylic acids is 3. The summed E-state index contributed by atoms with van der Waals surface area (Å²) in [5.41, 5.74) is 3.08. The Kier molecular flexibility index (Phi) is 8.67. The Bertz CT molecular complexity index is 598. The molecule has 22 heavy (non-hydrogen) atoms. The van der Waals surface area contributed by atoms with Gasteiger partial charge in [0.05, 0.1) is 5.57 Å². The number of rotatable bonds is 5. The van der Waals surface area contributed by atoms with Crippen molar-refractivity contribution in [2.45, 2.75) is 20.8 Å². The molecule has 0 atom stereocenters. The van der Waals surface area contributed by atoms with Gasteiger partial charge in [0, 0.05) is 11.8 Å². The van der Waals surface area contributed by atoms with Gasteiger partial charge in [0.25, 0.3) is 0 Å². The number of nitrogens with one attached hydrogen (secondary N) is 1. The predicted molar refractivity (Wildman–Crippen MR) is 80.4 cm³/mol. The first-order valence-electron chi connectivity index (χ1n) is 6.23. The van der Waals surface area contributed by atoms with Crippen molar-refractivity contribution in [1.29, 1.82) is 0 Å². The molecule has 0 amide bonds. The maximum Gasteiger partial charge on any atom is 1.00 e. The number of carbonyl (C=O) groups is 3. The molecule has 0 saturated heterocycles. The summed E-state index contributed by atoms with van der Waals surface area (Å²) >= 11 is 0. The van der Waals surface area contributed by atoms with Crippen LogP contribution in [-0.2, 0) is 31.5 Å². The Labute approximate surface area is 139 Å². The van der Waals surface area contributed by atoms with Gasteiger partial charge in [0.2, 0.25) is 0 Å². The van der Waals surface area contributed by atoms with Gasteiger partial charge in [-0.25, -0.2) is 0 Å². The Hall–Kier alpha value is -2.24. The molecule has 6 nitrogen and oxygen atoms in total. The van der Waals surface area contributed by atoms with E-state index in [1.54, 1.807) is 25.2 Å². The minimum atomic E-state index is -0.348. The fourth-order valence-corrected chi connectivity index (χ4v) is 1.41. The van der Waals surface area contributed by atoms with E-state index in [-0.39, 0.29) is 40.0 Å². The van der Waals surface area contributed by atoms with E-state index in [2.05, 4.69) is 15.8 Å². The molecule has 0 radical (unpaired) electrons. The average molecular weight is 350 g/mol. The maximum absolute atomic E-state index is 11.4. The zero-order valence-corrected chi connectivity index (χ0v) is 13.3. The van der Waals surface area contributed by atoms with Crippen molar-refractivity contribution >= 4 is 23.2 Å². The SMILES string of the molecule is CC(=O)C(=C[N-]/C(C)=N\N/C=C1/C=CC=CC1=O)C(C)=O.[Cu+]. The standard InChI is InChI=1S/C15H17N3O3.Cu/c1-10(19)14(11(2)20)9-16-12(3)18-17-8-13-6-4-5-7-15(13)21;/h4-9H,1-3H3,(H2,16,17,18,19,20,21);/q;+1/p-1. The molecule has 0 heterocycles. The molecule has 1 aliphatic rings. The predicted octanol–water partition coefficient (Wildman–Crippen LogP) is 1.92. The largest absolute Gasteiger partial charge is 1.00 e. The second-order valence-corrected chi connectivity index (χ2v) is 4.25. The molecule has 0 spiro atoms. The van der Waals surface area contributed by atoms with Crippen LogP contribution < -0.4 is 5.43 Å². The summed E-state index contributed by atoms with van der Waals surface area (Å²) in [4.78, 5) is 33.8. The Balaban J connectivity index is 0.00000441. The quantitative estimate of drug-likeness (QED) is 0.156. The zero-order chi connectivity index (χ0) is 15.8. The second kappa shape index (κ2) is 9.65. The van der Waals surface area contributed by atoms with Crippen molar-refractivity contribution < 1.29 is 31.5 Å². The van der Waals surface area contributed by atoms with Crippen LogP contribution in [0, 0.1) is 0 Å². The molecular weight excluding hydrogens is 334 g/mol. The van der Waals surface area contributed by atoms with E-state index in [4.69, 9.17) is 0 Å². The number of hydrogen-bond donors (Lipinski definition) is 1. The van der Waals surface area contributed by atoms with Crippen LogP contribution in [0.5, 0.6) is 0 Å². The van der Waals surface area contributed by atoms with E-state index in [9.17, 15) is 14.4 Å². The monoisotopic (exact) mass is 349 g/mol. The summed E-state index contributed by atoms with van der Waals surface area (Å²) in [6.07, 6.45) is 9.13. The molecule has 0 fully saturated rings. The summed E-state index contributed by atoms with van der Waals surface area (Å²) in [5.74, 6) is -0.502. The van der Waals surface area contributed by atoms with Crippen LogP contribution in [0.25, 0.3) is 5.32 Å². The van der Waals surface area contributed by atoms with Crippen molar-refractivity contribution in [3.8, 4) is 0 Å². The van der Waals surface area contributed by atoms with Crippen LogP contribution in [0.15, 0.2) is 53.0 Å². The summed E-state index contributed by atoms with van der Waals surface area (Å²) < 4.78 is 0. The Morgan fingerprint density at radius 1 is 1.14 bits per heavy atom. The molecule has 0 aromatic rings. The molecule has 1 rings (SSSR count). The van der Waals surface area contributed by atoms with Gasteiger partial charge in [-0.3, -0.25) is 14.4 Å². The smallest absolute Gasteiger partial charge is 0.445 e. The summed E-state index contributed by atoms with van der Waals surface area (Å²) in [6, 6.07) is 0. The third-order valence-corrected chi connectivity index (χ3v) is 2.50. The van der Waals surface area contributed by atoms with Gasteiger partial charge in [-0.15, -0.1) is 0 Å². The van der Waals surface area contributed by atoms with Crippen molar-refractivity contribution in [3.63, 3.8) is 0 Å². The van der Waals surface area contributed by atoms with Gasteiger partial charge < -0.3 is 15.8 Å². The Morgan fingerprint density at radius 3 is 2.27 bits per heavy atom. The first-order valence-corrected chi connectivity index (χ1v) is 6.23. The molecule has 0 bridgehead atoms. The number of hydrazone groups is 1. The van der Waals surface area contributed by atoms with Crippen molar-refractivity contribution in [3.05, 3.63) is 53.2 Å². The normalized spacial score (nSPS) is 15.1. The molecule has 0 unspecified atom stereocenters. The molecule has 7 heteroatoms. The molecule has 120 valence electrons. The van der Waals surface area contributed by atoms with Gasteiger partial charge in [-0.1, -0.05) is 24.2 Å². The fourth-order valence-electron chi connectivity index (χ4n) is 1.41. The van der Waals surface area contributed by atoms with E-state index in [1.807, 2.05) is 0 Å². The van der Waals surface area contributed by atoms with Crippen molar-refractivity contribution in [2.75, 3.05) is 0 Å². The van der Waals surface area contributed by atoms with Crippen LogP contribution in [0.4, 0.5) is 0 Å². The average Bonchev–Trinajstić information content (AvgIpc) is 2.40. The van der Waals surface area contributed by atoms with E-state index in [1.165, 1.54) is 32.3 Å². The summed E-state index contributed by atoms with van der Waals surface area (Å²) in [5, 5.41) is 7.80. The third kappa shape index (κ3) is 6.47. The molecule has 0 aliphatic heterocycles. The van der Waals surface area contributed by atoms with Crippen molar-refractivity contribution in [2.24, 2.45) is 5.10 Å². The van der Waals surface area contributed by atoms with E-state index in [0.717, 1.165) is 0 Å². The van der Waals surface area contributed by atoms with E-state index >= 15 is 0 Å². The van der Waals surface area contributed by atoms with Crippen LogP contribution in [0.1, 0.15) is 20.8 Å². The molecule has 1 N–H and O–H groups in total. The third-order valence-electron chi connectivity index (χ3n) is 2.50.